The number of phenols is 1. The Hall–Kier alpha value is -2.24. The third-order valence-corrected chi connectivity index (χ3v) is 4.97. The fourth-order valence-electron chi connectivity index (χ4n) is 3.27. The van der Waals surface area contributed by atoms with Crippen LogP contribution in [0.25, 0.3) is 0 Å². The number of aromatic hydroxyl groups is 1. The first-order chi connectivity index (χ1) is 13.3. The lowest BCUT2D eigenvalue weighted by Gasteiger charge is -2.30. The maximum Gasteiger partial charge on any atom is 0.191 e. The molecule has 0 heterocycles. The normalized spacial score (nSPS) is 15.0. The summed E-state index contributed by atoms with van der Waals surface area (Å²) in [7, 11) is 3.60. The van der Waals surface area contributed by atoms with E-state index in [1.54, 1.807) is 37.2 Å². The second-order valence-electron chi connectivity index (χ2n) is 7.83. The van der Waals surface area contributed by atoms with Crippen LogP contribution in [0.3, 0.4) is 0 Å². The molecule has 0 aliphatic rings. The molecule has 0 aliphatic carbocycles. The molecule has 0 fully saturated rings. The molecular formula is C22H37N3O3. The second kappa shape index (κ2) is 11.6. The van der Waals surface area contributed by atoms with E-state index in [1.165, 1.54) is 0 Å². The quantitative estimate of drug-likeness (QED) is 0.321. The van der Waals surface area contributed by atoms with E-state index in [0.717, 1.165) is 44.0 Å². The van der Waals surface area contributed by atoms with Gasteiger partial charge in [0, 0.05) is 20.2 Å². The molecule has 1 aromatic carbocycles. The highest BCUT2D eigenvalue weighted by Gasteiger charge is 2.34. The number of carbonyl (C=O) groups is 1. The maximum absolute atomic E-state index is 12.3. The minimum atomic E-state index is -1.06. The zero-order valence-electron chi connectivity index (χ0n) is 18.1. The molecule has 0 saturated carbocycles. The third kappa shape index (κ3) is 7.41. The molecule has 0 radical (unpaired) electrons. The Morgan fingerprint density at radius 1 is 1.32 bits per heavy atom. The van der Waals surface area contributed by atoms with Gasteiger partial charge in [0.2, 0.25) is 0 Å². The van der Waals surface area contributed by atoms with Crippen LogP contribution in [0.2, 0.25) is 0 Å². The van der Waals surface area contributed by atoms with Crippen molar-refractivity contribution in [3.8, 4) is 11.5 Å². The highest BCUT2D eigenvalue weighted by Crippen LogP contribution is 2.30. The molecule has 6 heteroatoms. The Balaban J connectivity index is 3.15. The van der Waals surface area contributed by atoms with Gasteiger partial charge in [0.1, 0.15) is 18.1 Å². The molecule has 0 amide bonds. The second-order valence-corrected chi connectivity index (χ2v) is 7.83. The Labute approximate surface area is 169 Å². The van der Waals surface area contributed by atoms with Gasteiger partial charge in [-0.2, -0.15) is 0 Å². The molecule has 2 unspecified atom stereocenters. The van der Waals surface area contributed by atoms with Gasteiger partial charge in [0.25, 0.3) is 0 Å². The van der Waals surface area contributed by atoms with Crippen molar-refractivity contribution in [3.63, 3.8) is 0 Å². The van der Waals surface area contributed by atoms with Crippen LogP contribution in [0.15, 0.2) is 23.2 Å². The van der Waals surface area contributed by atoms with Crippen molar-refractivity contribution in [2.24, 2.45) is 16.6 Å². The Morgan fingerprint density at radius 2 is 2.04 bits per heavy atom. The van der Waals surface area contributed by atoms with E-state index >= 15 is 0 Å². The van der Waals surface area contributed by atoms with E-state index in [4.69, 9.17) is 10.5 Å². The number of hydrogen-bond acceptors (Lipinski definition) is 4. The number of phenolic OH excluding ortho intramolecular Hbond substituents is 1. The number of rotatable bonds is 12. The van der Waals surface area contributed by atoms with Gasteiger partial charge < -0.3 is 25.3 Å². The number of hydrogen-bond donors (Lipinski definition) is 2. The summed E-state index contributed by atoms with van der Waals surface area (Å²) >= 11 is 0. The first-order valence-corrected chi connectivity index (χ1v) is 10.2. The predicted octanol–water partition coefficient (Wildman–Crippen LogP) is 3.89. The molecule has 3 N–H and O–H groups in total. The number of ether oxygens (including phenoxy) is 1. The molecular weight excluding hydrogens is 354 g/mol. The fraction of sp³-hybridized carbons (Fsp3) is 0.636. The number of aliphatic imine (C=N–C) groups is 1. The number of guanidine groups is 1. The number of nitrogens with two attached hydrogens (primary N) is 1. The first kappa shape index (κ1) is 23.8. The van der Waals surface area contributed by atoms with E-state index in [9.17, 15) is 9.90 Å². The van der Waals surface area contributed by atoms with Crippen LogP contribution in [-0.4, -0.2) is 48.5 Å². The molecule has 158 valence electrons. The topological polar surface area (TPSA) is 88.1 Å². The van der Waals surface area contributed by atoms with Gasteiger partial charge in [-0.3, -0.25) is 0 Å². The lowest BCUT2D eigenvalue weighted by atomic mass is 9.84. The lowest BCUT2D eigenvalue weighted by molar-refractivity contribution is -0.113. The summed E-state index contributed by atoms with van der Waals surface area (Å²) in [6, 6.07) is 4.95. The number of nitrogens with zero attached hydrogens (tertiary/aromatic N) is 2. The van der Waals surface area contributed by atoms with Gasteiger partial charge in [-0.25, -0.2) is 4.99 Å². The smallest absolute Gasteiger partial charge is 0.191 e. The molecule has 6 nitrogen and oxygen atoms in total. The zero-order chi connectivity index (χ0) is 21.2. The monoisotopic (exact) mass is 391 g/mol. The van der Waals surface area contributed by atoms with Gasteiger partial charge >= 0.3 is 0 Å². The van der Waals surface area contributed by atoms with Crippen molar-refractivity contribution in [1.29, 1.82) is 0 Å². The Morgan fingerprint density at radius 3 is 2.61 bits per heavy atom. The van der Waals surface area contributed by atoms with Crippen LogP contribution in [0.5, 0.6) is 11.5 Å². The van der Waals surface area contributed by atoms with Gasteiger partial charge in [-0.05, 0) is 30.9 Å². The average molecular weight is 392 g/mol. The van der Waals surface area contributed by atoms with E-state index in [-0.39, 0.29) is 12.4 Å². The third-order valence-electron chi connectivity index (χ3n) is 4.97. The lowest BCUT2D eigenvalue weighted by Crippen LogP contribution is -2.43. The summed E-state index contributed by atoms with van der Waals surface area (Å²) in [5.74, 6) is 1.35. The first-order valence-electron chi connectivity index (χ1n) is 10.2. The van der Waals surface area contributed by atoms with Gasteiger partial charge in [0.05, 0.1) is 0 Å². The zero-order valence-corrected chi connectivity index (χ0v) is 18.1. The summed E-state index contributed by atoms with van der Waals surface area (Å²) in [6.07, 6.45) is 6.87. The number of aldehydes is 1. The molecule has 0 saturated heterocycles. The van der Waals surface area contributed by atoms with Crippen molar-refractivity contribution in [1.82, 2.24) is 4.90 Å². The van der Waals surface area contributed by atoms with Crippen LogP contribution in [0.1, 0.15) is 57.9 Å². The van der Waals surface area contributed by atoms with Crippen LogP contribution in [0.4, 0.5) is 0 Å². The molecule has 2 atom stereocenters. The SMILES string of the molecule is CCCCC(CCC)CC(C=O)(COc1cc(O)ccc1C)N=C(N)N(C)C. The molecule has 0 bridgehead atoms. The van der Waals surface area contributed by atoms with E-state index < -0.39 is 5.54 Å². The number of carbonyl (C=O) groups excluding carboxylic acids is 1. The number of benzene rings is 1. The summed E-state index contributed by atoms with van der Waals surface area (Å²) in [5, 5.41) is 9.75. The predicted molar refractivity (Wildman–Crippen MR) is 115 cm³/mol. The molecule has 1 rings (SSSR count). The molecule has 28 heavy (non-hydrogen) atoms. The standard InChI is InChI=1S/C22H37N3O3/c1-6-8-10-18(9-7-2)14-22(15-26,24-21(23)25(4)5)16-28-20-13-19(27)12-11-17(20)3/h11-13,15,18,27H,6-10,14,16H2,1-5H3,(H2,23,24). The molecule has 1 aromatic rings. The Bertz CT molecular complexity index is 646. The van der Waals surface area contributed by atoms with Gasteiger partial charge in [-0.1, -0.05) is 52.0 Å². The van der Waals surface area contributed by atoms with Crippen LogP contribution in [-0.2, 0) is 4.79 Å². The van der Waals surface area contributed by atoms with Gasteiger partial charge in [0.15, 0.2) is 17.8 Å². The number of aryl methyl sites for hydroxylation is 1. The summed E-state index contributed by atoms with van der Waals surface area (Å²) in [6.45, 7) is 6.31. The fourth-order valence-corrected chi connectivity index (χ4v) is 3.27. The average Bonchev–Trinajstić information content (AvgIpc) is 2.66. The minimum absolute atomic E-state index is 0.0850. The number of unbranched alkanes of at least 4 members (excludes halogenated alkanes) is 1. The highest BCUT2D eigenvalue weighted by molar-refractivity contribution is 5.81. The van der Waals surface area contributed by atoms with Crippen molar-refractivity contribution in [3.05, 3.63) is 23.8 Å². The van der Waals surface area contributed by atoms with Crippen molar-refractivity contribution >= 4 is 12.2 Å². The summed E-state index contributed by atoms with van der Waals surface area (Å²) in [4.78, 5) is 18.5. The van der Waals surface area contributed by atoms with Crippen LogP contribution < -0.4 is 10.5 Å². The highest BCUT2D eigenvalue weighted by atomic mass is 16.5. The van der Waals surface area contributed by atoms with E-state index in [0.29, 0.717) is 24.0 Å². The largest absolute Gasteiger partial charge is 0.508 e. The van der Waals surface area contributed by atoms with Crippen LogP contribution in [0, 0.1) is 12.8 Å². The van der Waals surface area contributed by atoms with Crippen molar-refractivity contribution in [2.75, 3.05) is 20.7 Å². The summed E-state index contributed by atoms with van der Waals surface area (Å²) in [5.41, 5.74) is 5.90. The summed E-state index contributed by atoms with van der Waals surface area (Å²) < 4.78 is 5.97. The molecule has 0 aliphatic heterocycles. The Kier molecular flexibility index (Phi) is 9.83. The van der Waals surface area contributed by atoms with Crippen LogP contribution >= 0.6 is 0 Å². The van der Waals surface area contributed by atoms with E-state index in [1.807, 2.05) is 6.92 Å². The van der Waals surface area contributed by atoms with E-state index in [2.05, 4.69) is 18.8 Å². The van der Waals surface area contributed by atoms with Crippen molar-refractivity contribution in [2.45, 2.75) is 64.8 Å². The maximum atomic E-state index is 12.3. The molecule has 0 aromatic heterocycles. The van der Waals surface area contributed by atoms with Gasteiger partial charge in [-0.15, -0.1) is 0 Å². The molecule has 0 spiro atoms. The minimum Gasteiger partial charge on any atom is -0.508 e. The van der Waals surface area contributed by atoms with Crippen molar-refractivity contribution < 1.29 is 14.6 Å².